The number of aromatic nitrogens is 1. The van der Waals surface area contributed by atoms with Crippen molar-refractivity contribution in [1.82, 2.24) is 4.57 Å². The summed E-state index contributed by atoms with van der Waals surface area (Å²) in [5, 5.41) is 9.02. The molecule has 0 aliphatic carbocycles. The predicted octanol–water partition coefficient (Wildman–Crippen LogP) is 2.35. The van der Waals surface area contributed by atoms with E-state index >= 15 is 0 Å². The van der Waals surface area contributed by atoms with Crippen LogP contribution in [0.2, 0.25) is 0 Å². The molecule has 1 heterocycles. The standard InChI is InChI=1S/C13H19NO3/c1-4-5-6-7-14-9(2)8-11(15)12(10(14)3)13(16)17/h8H,4-7H2,1-3H3,(H,16,17). The van der Waals surface area contributed by atoms with Gasteiger partial charge in [0.05, 0.1) is 0 Å². The molecule has 0 spiro atoms. The first-order valence-electron chi connectivity index (χ1n) is 5.93. The number of nitrogens with zero attached hydrogens (tertiary/aromatic N) is 1. The third-order valence-corrected chi connectivity index (χ3v) is 2.98. The molecule has 0 bridgehead atoms. The topological polar surface area (TPSA) is 59.3 Å². The minimum atomic E-state index is -1.14. The molecule has 0 amide bonds. The molecule has 0 fully saturated rings. The summed E-state index contributed by atoms with van der Waals surface area (Å²) < 4.78 is 1.92. The van der Waals surface area contributed by atoms with Gasteiger partial charge in [-0.05, 0) is 20.3 Å². The monoisotopic (exact) mass is 237 g/mol. The molecule has 0 aromatic carbocycles. The lowest BCUT2D eigenvalue weighted by Gasteiger charge is -2.15. The van der Waals surface area contributed by atoms with Crippen molar-refractivity contribution in [1.29, 1.82) is 0 Å². The van der Waals surface area contributed by atoms with Crippen LogP contribution in [0.5, 0.6) is 0 Å². The lowest BCUT2D eigenvalue weighted by Crippen LogP contribution is -2.23. The molecule has 0 radical (unpaired) electrons. The molecule has 0 saturated carbocycles. The highest BCUT2D eigenvalue weighted by Gasteiger charge is 2.15. The Morgan fingerprint density at radius 3 is 2.53 bits per heavy atom. The van der Waals surface area contributed by atoms with E-state index in [2.05, 4.69) is 6.92 Å². The molecule has 1 rings (SSSR count). The summed E-state index contributed by atoms with van der Waals surface area (Å²) in [6, 6.07) is 1.41. The fourth-order valence-corrected chi connectivity index (χ4v) is 2.04. The third-order valence-electron chi connectivity index (χ3n) is 2.98. The number of unbranched alkanes of at least 4 members (excludes halogenated alkanes) is 2. The molecule has 1 N–H and O–H groups in total. The van der Waals surface area contributed by atoms with Crippen LogP contribution < -0.4 is 5.43 Å². The van der Waals surface area contributed by atoms with E-state index in [0.29, 0.717) is 5.69 Å². The first-order valence-corrected chi connectivity index (χ1v) is 5.93. The highest BCUT2D eigenvalue weighted by molar-refractivity contribution is 5.88. The number of aromatic carboxylic acids is 1. The van der Waals surface area contributed by atoms with E-state index in [9.17, 15) is 9.59 Å². The van der Waals surface area contributed by atoms with Gasteiger partial charge in [0.2, 0.25) is 0 Å². The molecule has 0 atom stereocenters. The van der Waals surface area contributed by atoms with Gasteiger partial charge in [-0.3, -0.25) is 4.79 Å². The molecule has 0 aliphatic heterocycles. The molecule has 0 aliphatic rings. The number of carboxylic acid groups (broad SMARTS) is 1. The van der Waals surface area contributed by atoms with E-state index in [1.165, 1.54) is 6.07 Å². The second-order valence-electron chi connectivity index (χ2n) is 4.27. The zero-order valence-electron chi connectivity index (χ0n) is 10.6. The van der Waals surface area contributed by atoms with Crippen molar-refractivity contribution >= 4 is 5.97 Å². The molecule has 0 unspecified atom stereocenters. The molecule has 94 valence electrons. The van der Waals surface area contributed by atoms with Gasteiger partial charge in [-0.2, -0.15) is 0 Å². The molecule has 0 saturated heterocycles. The second-order valence-corrected chi connectivity index (χ2v) is 4.27. The maximum absolute atomic E-state index is 11.6. The van der Waals surface area contributed by atoms with Crippen LogP contribution in [0.25, 0.3) is 0 Å². The van der Waals surface area contributed by atoms with Crippen LogP contribution in [0.15, 0.2) is 10.9 Å². The smallest absolute Gasteiger partial charge is 0.341 e. The van der Waals surface area contributed by atoms with Crippen LogP contribution in [-0.4, -0.2) is 15.6 Å². The Labute approximate surface area is 101 Å². The van der Waals surface area contributed by atoms with Gasteiger partial charge in [0, 0.05) is 24.0 Å². The first-order chi connectivity index (χ1) is 7.99. The quantitative estimate of drug-likeness (QED) is 0.800. The molecule has 4 nitrogen and oxygen atoms in total. The van der Waals surface area contributed by atoms with Gasteiger partial charge in [0.15, 0.2) is 5.43 Å². The van der Waals surface area contributed by atoms with Gasteiger partial charge in [-0.15, -0.1) is 0 Å². The second kappa shape index (κ2) is 5.66. The number of rotatable bonds is 5. The lowest BCUT2D eigenvalue weighted by molar-refractivity contribution is 0.0693. The van der Waals surface area contributed by atoms with Crippen LogP contribution in [0, 0.1) is 13.8 Å². The summed E-state index contributed by atoms with van der Waals surface area (Å²) in [5.41, 5.74) is 0.874. The Hall–Kier alpha value is -1.58. The first kappa shape index (κ1) is 13.5. The third kappa shape index (κ3) is 2.96. The van der Waals surface area contributed by atoms with Crippen molar-refractivity contribution in [3.63, 3.8) is 0 Å². The van der Waals surface area contributed by atoms with Gasteiger partial charge in [0.1, 0.15) is 5.56 Å². The fraction of sp³-hybridized carbons (Fsp3) is 0.538. The van der Waals surface area contributed by atoms with Crippen molar-refractivity contribution in [3.8, 4) is 0 Å². The van der Waals surface area contributed by atoms with Crippen LogP contribution in [0.4, 0.5) is 0 Å². The van der Waals surface area contributed by atoms with Crippen molar-refractivity contribution in [2.75, 3.05) is 0 Å². The van der Waals surface area contributed by atoms with E-state index < -0.39 is 11.4 Å². The van der Waals surface area contributed by atoms with E-state index in [1.54, 1.807) is 6.92 Å². The maximum Gasteiger partial charge on any atom is 0.341 e. The lowest BCUT2D eigenvalue weighted by atomic mass is 10.1. The van der Waals surface area contributed by atoms with Gasteiger partial charge in [-0.25, -0.2) is 4.79 Å². The van der Waals surface area contributed by atoms with Crippen molar-refractivity contribution in [2.24, 2.45) is 0 Å². The summed E-state index contributed by atoms with van der Waals surface area (Å²) in [6.07, 6.45) is 3.22. The van der Waals surface area contributed by atoms with Crippen molar-refractivity contribution < 1.29 is 9.90 Å². The zero-order chi connectivity index (χ0) is 13.0. The molecule has 4 heteroatoms. The van der Waals surface area contributed by atoms with E-state index in [4.69, 9.17) is 5.11 Å². The van der Waals surface area contributed by atoms with Gasteiger partial charge in [-0.1, -0.05) is 19.8 Å². The number of pyridine rings is 1. The van der Waals surface area contributed by atoms with E-state index in [0.717, 1.165) is 31.5 Å². The molecule has 17 heavy (non-hydrogen) atoms. The Bertz CT molecular complexity index is 474. The van der Waals surface area contributed by atoms with Crippen LogP contribution in [0.1, 0.15) is 47.9 Å². The summed E-state index contributed by atoms with van der Waals surface area (Å²) in [4.78, 5) is 22.6. The van der Waals surface area contributed by atoms with E-state index in [1.807, 2.05) is 11.5 Å². The van der Waals surface area contributed by atoms with E-state index in [-0.39, 0.29) is 5.56 Å². The highest BCUT2D eigenvalue weighted by atomic mass is 16.4. The Morgan fingerprint density at radius 1 is 1.35 bits per heavy atom. The Kier molecular flexibility index (Phi) is 4.49. The number of carboxylic acids is 1. The molecular weight excluding hydrogens is 218 g/mol. The molecule has 1 aromatic heterocycles. The summed E-state index contributed by atoms with van der Waals surface area (Å²) in [5.74, 6) is -1.14. The van der Waals surface area contributed by atoms with Crippen molar-refractivity contribution in [3.05, 3.63) is 33.2 Å². The molecular formula is C13H19NO3. The fourth-order valence-electron chi connectivity index (χ4n) is 2.04. The summed E-state index contributed by atoms with van der Waals surface area (Å²) in [7, 11) is 0. The van der Waals surface area contributed by atoms with Crippen LogP contribution >= 0.6 is 0 Å². The van der Waals surface area contributed by atoms with Gasteiger partial charge < -0.3 is 9.67 Å². The zero-order valence-corrected chi connectivity index (χ0v) is 10.6. The minimum Gasteiger partial charge on any atom is -0.477 e. The normalized spacial score (nSPS) is 10.5. The average molecular weight is 237 g/mol. The van der Waals surface area contributed by atoms with Gasteiger partial charge in [0.25, 0.3) is 0 Å². The summed E-state index contributed by atoms with van der Waals surface area (Å²) >= 11 is 0. The maximum atomic E-state index is 11.6. The number of hydrogen-bond acceptors (Lipinski definition) is 2. The minimum absolute atomic E-state index is 0.105. The Balaban J connectivity index is 3.17. The van der Waals surface area contributed by atoms with Gasteiger partial charge >= 0.3 is 5.97 Å². The highest BCUT2D eigenvalue weighted by Crippen LogP contribution is 2.10. The van der Waals surface area contributed by atoms with Crippen molar-refractivity contribution in [2.45, 2.75) is 46.6 Å². The summed E-state index contributed by atoms with van der Waals surface area (Å²) in [6.45, 7) is 6.43. The SMILES string of the molecule is CCCCCn1c(C)cc(=O)c(C(=O)O)c1C. The van der Waals surface area contributed by atoms with Crippen LogP contribution in [0.3, 0.4) is 0 Å². The Morgan fingerprint density at radius 2 is 2.00 bits per heavy atom. The number of carbonyl (C=O) groups is 1. The average Bonchev–Trinajstić information content (AvgIpc) is 2.21. The number of hydrogen-bond donors (Lipinski definition) is 1. The van der Waals surface area contributed by atoms with Crippen LogP contribution in [-0.2, 0) is 6.54 Å². The largest absolute Gasteiger partial charge is 0.477 e. The number of aryl methyl sites for hydroxylation is 1. The molecule has 1 aromatic rings. The predicted molar refractivity (Wildman–Crippen MR) is 66.7 cm³/mol.